The summed E-state index contributed by atoms with van der Waals surface area (Å²) in [7, 11) is 0. The summed E-state index contributed by atoms with van der Waals surface area (Å²) in [6.45, 7) is 0. The van der Waals surface area contributed by atoms with Crippen LogP contribution in [0.4, 0.5) is 0 Å². The van der Waals surface area contributed by atoms with Crippen LogP contribution in [0.25, 0.3) is 43.5 Å². The largest absolute Gasteiger partial charge is 0.478 e. The van der Waals surface area contributed by atoms with Crippen LogP contribution in [-0.4, -0.2) is 22.2 Å². The van der Waals surface area contributed by atoms with Crippen molar-refractivity contribution in [2.75, 3.05) is 0 Å². The first kappa shape index (κ1) is 15.4. The third-order valence-electron chi connectivity index (χ3n) is 4.93. The third-order valence-corrected chi connectivity index (χ3v) is 4.93. The highest BCUT2D eigenvalue weighted by Crippen LogP contribution is 2.39. The zero-order valence-electron chi connectivity index (χ0n) is 13.9. The minimum absolute atomic E-state index is 0.227. The lowest BCUT2D eigenvalue weighted by Gasteiger charge is -2.04. The predicted octanol–water partition coefficient (Wildman–Crippen LogP) is 5.29. The summed E-state index contributed by atoms with van der Waals surface area (Å²) >= 11 is 0. The van der Waals surface area contributed by atoms with Crippen LogP contribution < -0.4 is 0 Å². The second kappa shape index (κ2) is 5.32. The monoisotopic (exact) mass is 356 g/mol. The minimum Gasteiger partial charge on any atom is -0.478 e. The number of hydrogen-bond acceptors (Lipinski definition) is 3. The Balaban J connectivity index is 1.95. The van der Waals surface area contributed by atoms with E-state index < -0.39 is 11.9 Å². The highest BCUT2D eigenvalue weighted by Gasteiger charge is 2.15. The highest BCUT2D eigenvalue weighted by molar-refractivity contribution is 6.26. The molecule has 0 aliphatic rings. The van der Waals surface area contributed by atoms with Crippen molar-refractivity contribution >= 4 is 55.4 Å². The molecule has 0 aliphatic heterocycles. The van der Waals surface area contributed by atoms with Crippen LogP contribution >= 0.6 is 0 Å². The number of benzene rings is 4. The fourth-order valence-corrected chi connectivity index (χ4v) is 3.69. The van der Waals surface area contributed by atoms with Crippen LogP contribution in [0.15, 0.2) is 65.1 Å². The van der Waals surface area contributed by atoms with Gasteiger partial charge < -0.3 is 14.6 Å². The van der Waals surface area contributed by atoms with E-state index in [-0.39, 0.29) is 11.1 Å². The lowest BCUT2D eigenvalue weighted by Crippen LogP contribution is -1.95. The molecule has 4 aromatic carbocycles. The Hall–Kier alpha value is -3.86. The number of furan rings is 1. The molecule has 1 heterocycles. The average Bonchev–Trinajstić information content (AvgIpc) is 3.06. The number of carboxylic acid groups (broad SMARTS) is 2. The van der Waals surface area contributed by atoms with Gasteiger partial charge in [-0.3, -0.25) is 0 Å². The van der Waals surface area contributed by atoms with Gasteiger partial charge in [0, 0.05) is 10.8 Å². The Kier molecular flexibility index (Phi) is 3.03. The van der Waals surface area contributed by atoms with Crippen LogP contribution in [0, 0.1) is 0 Å². The second-order valence-electron chi connectivity index (χ2n) is 6.46. The smallest absolute Gasteiger partial charge is 0.335 e. The van der Waals surface area contributed by atoms with Crippen molar-refractivity contribution in [3.8, 4) is 0 Å². The van der Waals surface area contributed by atoms with Crippen LogP contribution in [0.5, 0.6) is 0 Å². The van der Waals surface area contributed by atoms with Gasteiger partial charge in [0.15, 0.2) is 0 Å². The van der Waals surface area contributed by atoms with Crippen molar-refractivity contribution < 1.29 is 24.2 Å². The number of aromatic carboxylic acids is 2. The maximum absolute atomic E-state index is 11.3. The first-order valence-corrected chi connectivity index (χ1v) is 8.31. The molecule has 0 amide bonds. The molecule has 0 aliphatic carbocycles. The zero-order valence-corrected chi connectivity index (χ0v) is 13.9. The molecule has 0 atom stereocenters. The molecule has 0 radical (unpaired) electrons. The summed E-state index contributed by atoms with van der Waals surface area (Å²) in [5.74, 6) is -1.94. The quantitative estimate of drug-likeness (QED) is 0.449. The van der Waals surface area contributed by atoms with Gasteiger partial charge >= 0.3 is 11.9 Å². The summed E-state index contributed by atoms with van der Waals surface area (Å²) in [6, 6.07) is 17.4. The molecule has 0 fully saturated rings. The molecule has 0 saturated carbocycles. The molecule has 0 bridgehead atoms. The van der Waals surface area contributed by atoms with Crippen LogP contribution in [0.3, 0.4) is 0 Å². The topological polar surface area (TPSA) is 87.7 Å². The summed E-state index contributed by atoms with van der Waals surface area (Å²) in [4.78, 5) is 22.5. The van der Waals surface area contributed by atoms with Gasteiger partial charge in [-0.05, 0) is 57.9 Å². The standard InChI is InChI=1S/C22H12O5/c23-21(24)13-1-5-15-11(9-13)3-7-17-19(15)20-16-6-2-14(22(25)26)10-12(16)4-8-18(20)27-17/h1-10H,(H,23,24)(H,25,26). The molecule has 5 rings (SSSR count). The van der Waals surface area contributed by atoms with Gasteiger partial charge in [0.1, 0.15) is 11.2 Å². The zero-order chi connectivity index (χ0) is 18.7. The fourth-order valence-electron chi connectivity index (χ4n) is 3.69. The number of carboxylic acids is 2. The number of carbonyl (C=O) groups is 2. The van der Waals surface area contributed by atoms with Gasteiger partial charge in [-0.25, -0.2) is 9.59 Å². The van der Waals surface area contributed by atoms with E-state index in [1.165, 1.54) is 0 Å². The summed E-state index contributed by atoms with van der Waals surface area (Å²) in [5, 5.41) is 23.7. The second-order valence-corrected chi connectivity index (χ2v) is 6.46. The average molecular weight is 356 g/mol. The van der Waals surface area contributed by atoms with Crippen LogP contribution in [-0.2, 0) is 0 Å². The van der Waals surface area contributed by atoms with Crippen molar-refractivity contribution in [1.29, 1.82) is 0 Å². The van der Waals surface area contributed by atoms with Crippen molar-refractivity contribution in [1.82, 2.24) is 0 Å². The number of rotatable bonds is 2. The molecule has 0 spiro atoms. The van der Waals surface area contributed by atoms with Crippen molar-refractivity contribution in [3.05, 3.63) is 71.8 Å². The van der Waals surface area contributed by atoms with E-state index >= 15 is 0 Å². The van der Waals surface area contributed by atoms with Crippen molar-refractivity contribution in [2.45, 2.75) is 0 Å². The normalized spacial score (nSPS) is 11.6. The summed E-state index contributed by atoms with van der Waals surface area (Å²) in [5.41, 5.74) is 1.86. The lowest BCUT2D eigenvalue weighted by molar-refractivity contribution is 0.0686. The maximum Gasteiger partial charge on any atom is 0.335 e. The minimum atomic E-state index is -0.972. The van der Waals surface area contributed by atoms with E-state index in [4.69, 9.17) is 4.42 Å². The first-order chi connectivity index (χ1) is 13.0. The van der Waals surface area contributed by atoms with Crippen molar-refractivity contribution in [3.63, 3.8) is 0 Å². The Morgan fingerprint density at radius 3 is 1.48 bits per heavy atom. The molecule has 1 aromatic heterocycles. The highest BCUT2D eigenvalue weighted by atomic mass is 16.4. The molecule has 130 valence electrons. The fraction of sp³-hybridized carbons (Fsp3) is 0. The summed E-state index contributed by atoms with van der Waals surface area (Å²) < 4.78 is 5.99. The van der Waals surface area contributed by atoms with Gasteiger partial charge in [0.2, 0.25) is 0 Å². The molecule has 0 unspecified atom stereocenters. The van der Waals surface area contributed by atoms with Crippen LogP contribution in [0.2, 0.25) is 0 Å². The number of fused-ring (bicyclic) bond motifs is 7. The van der Waals surface area contributed by atoms with Crippen LogP contribution in [0.1, 0.15) is 20.7 Å². The summed E-state index contributed by atoms with van der Waals surface area (Å²) in [6.07, 6.45) is 0. The molecule has 5 aromatic rings. The Bertz CT molecular complexity index is 1320. The van der Waals surface area contributed by atoms with Gasteiger partial charge in [-0.15, -0.1) is 0 Å². The lowest BCUT2D eigenvalue weighted by atomic mass is 9.98. The van der Waals surface area contributed by atoms with Gasteiger partial charge in [0.25, 0.3) is 0 Å². The van der Waals surface area contributed by atoms with Gasteiger partial charge in [0.05, 0.1) is 11.1 Å². The van der Waals surface area contributed by atoms with E-state index in [0.717, 1.165) is 32.3 Å². The van der Waals surface area contributed by atoms with Gasteiger partial charge in [-0.1, -0.05) is 24.3 Å². The number of hydrogen-bond donors (Lipinski definition) is 2. The van der Waals surface area contributed by atoms with E-state index in [1.54, 1.807) is 36.4 Å². The Morgan fingerprint density at radius 1 is 0.630 bits per heavy atom. The maximum atomic E-state index is 11.3. The van der Waals surface area contributed by atoms with Gasteiger partial charge in [-0.2, -0.15) is 0 Å². The molecular weight excluding hydrogens is 344 g/mol. The van der Waals surface area contributed by atoms with E-state index in [0.29, 0.717) is 11.2 Å². The molecule has 5 heteroatoms. The molecule has 0 saturated heterocycles. The molecule has 5 nitrogen and oxygen atoms in total. The van der Waals surface area contributed by atoms with E-state index in [1.807, 2.05) is 24.3 Å². The van der Waals surface area contributed by atoms with E-state index in [2.05, 4.69) is 0 Å². The Labute approximate surface area is 152 Å². The van der Waals surface area contributed by atoms with E-state index in [9.17, 15) is 19.8 Å². The SMILES string of the molecule is O=C(O)c1ccc2c(ccc3oc4ccc5cc(C(=O)O)ccc5c4c32)c1. The molecular formula is C22H12O5. The third kappa shape index (κ3) is 2.18. The molecule has 2 N–H and O–H groups in total. The van der Waals surface area contributed by atoms with Crippen molar-refractivity contribution in [2.24, 2.45) is 0 Å². The molecule has 27 heavy (non-hydrogen) atoms. The first-order valence-electron chi connectivity index (χ1n) is 8.31. The Morgan fingerprint density at radius 2 is 1.07 bits per heavy atom. The predicted molar refractivity (Wildman–Crippen MR) is 103 cm³/mol.